The Labute approximate surface area is 73.0 Å². The standard InChI is InChI=1S/C10H15NO/c1-3-7(2)8-4-5-10(12)9(11)6-8/h4-7,12H,3,11H2,1-2H3/t7-/m1/s1. The molecule has 0 spiro atoms. The van der Waals surface area contributed by atoms with Gasteiger partial charge in [0, 0.05) is 0 Å². The number of aromatic hydroxyl groups is 1. The van der Waals surface area contributed by atoms with Crippen LogP contribution in [0.5, 0.6) is 5.75 Å². The van der Waals surface area contributed by atoms with Crippen LogP contribution in [-0.4, -0.2) is 5.11 Å². The molecule has 0 unspecified atom stereocenters. The van der Waals surface area contributed by atoms with Crippen molar-refractivity contribution >= 4 is 5.69 Å². The quantitative estimate of drug-likeness (QED) is 0.522. The van der Waals surface area contributed by atoms with Crippen LogP contribution >= 0.6 is 0 Å². The van der Waals surface area contributed by atoms with Gasteiger partial charge in [0.2, 0.25) is 0 Å². The summed E-state index contributed by atoms with van der Waals surface area (Å²) in [7, 11) is 0. The van der Waals surface area contributed by atoms with Crippen LogP contribution in [0.1, 0.15) is 31.7 Å². The third-order valence-electron chi connectivity index (χ3n) is 2.23. The maximum atomic E-state index is 9.17. The second-order valence-corrected chi connectivity index (χ2v) is 3.13. The minimum absolute atomic E-state index is 0.169. The minimum atomic E-state index is 0.169. The van der Waals surface area contributed by atoms with Crippen LogP contribution in [0.15, 0.2) is 18.2 Å². The molecule has 1 rings (SSSR count). The highest BCUT2D eigenvalue weighted by molar-refractivity contribution is 5.53. The molecule has 0 bridgehead atoms. The highest BCUT2D eigenvalue weighted by Crippen LogP contribution is 2.26. The molecule has 1 aromatic rings. The van der Waals surface area contributed by atoms with Gasteiger partial charge in [0.1, 0.15) is 5.75 Å². The Hall–Kier alpha value is -1.18. The monoisotopic (exact) mass is 165 g/mol. The predicted octanol–water partition coefficient (Wildman–Crippen LogP) is 2.49. The molecule has 3 N–H and O–H groups in total. The summed E-state index contributed by atoms with van der Waals surface area (Å²) in [6.45, 7) is 4.28. The van der Waals surface area contributed by atoms with Gasteiger partial charge < -0.3 is 10.8 Å². The van der Waals surface area contributed by atoms with E-state index in [0.717, 1.165) is 6.42 Å². The Balaban J connectivity index is 2.96. The van der Waals surface area contributed by atoms with Crippen molar-refractivity contribution in [1.82, 2.24) is 0 Å². The van der Waals surface area contributed by atoms with Gasteiger partial charge in [-0.3, -0.25) is 0 Å². The van der Waals surface area contributed by atoms with E-state index in [1.54, 1.807) is 6.07 Å². The largest absolute Gasteiger partial charge is 0.506 e. The number of rotatable bonds is 2. The van der Waals surface area contributed by atoms with E-state index in [0.29, 0.717) is 11.6 Å². The number of benzene rings is 1. The fraction of sp³-hybridized carbons (Fsp3) is 0.400. The Morgan fingerprint density at radius 1 is 1.50 bits per heavy atom. The molecule has 12 heavy (non-hydrogen) atoms. The fourth-order valence-corrected chi connectivity index (χ4v) is 1.12. The number of anilines is 1. The molecule has 0 saturated heterocycles. The lowest BCUT2D eigenvalue weighted by atomic mass is 9.98. The van der Waals surface area contributed by atoms with Gasteiger partial charge in [0.15, 0.2) is 0 Å². The van der Waals surface area contributed by atoms with Crippen molar-refractivity contribution in [1.29, 1.82) is 0 Å². The number of hydrogen-bond acceptors (Lipinski definition) is 2. The first-order valence-corrected chi connectivity index (χ1v) is 4.23. The second-order valence-electron chi connectivity index (χ2n) is 3.13. The van der Waals surface area contributed by atoms with E-state index < -0.39 is 0 Å². The summed E-state index contributed by atoms with van der Waals surface area (Å²) in [5.74, 6) is 0.676. The predicted molar refractivity (Wildman–Crippen MR) is 51.2 cm³/mol. The molecule has 0 aliphatic rings. The van der Waals surface area contributed by atoms with Crippen molar-refractivity contribution < 1.29 is 5.11 Å². The van der Waals surface area contributed by atoms with Crippen LogP contribution < -0.4 is 5.73 Å². The molecule has 0 aliphatic carbocycles. The van der Waals surface area contributed by atoms with Gasteiger partial charge in [-0.2, -0.15) is 0 Å². The molecule has 0 saturated carbocycles. The van der Waals surface area contributed by atoms with Crippen LogP contribution in [0.4, 0.5) is 5.69 Å². The summed E-state index contributed by atoms with van der Waals surface area (Å²) in [5.41, 5.74) is 7.22. The van der Waals surface area contributed by atoms with E-state index in [-0.39, 0.29) is 5.75 Å². The van der Waals surface area contributed by atoms with Gasteiger partial charge >= 0.3 is 0 Å². The number of nitrogen functional groups attached to an aromatic ring is 1. The van der Waals surface area contributed by atoms with E-state index in [1.165, 1.54) is 5.56 Å². The summed E-state index contributed by atoms with van der Waals surface area (Å²) in [4.78, 5) is 0. The first-order valence-electron chi connectivity index (χ1n) is 4.23. The molecule has 1 aromatic carbocycles. The second kappa shape index (κ2) is 3.48. The summed E-state index contributed by atoms with van der Waals surface area (Å²) in [6, 6.07) is 5.40. The van der Waals surface area contributed by atoms with Gasteiger partial charge in [-0.15, -0.1) is 0 Å². The highest BCUT2D eigenvalue weighted by atomic mass is 16.3. The first kappa shape index (κ1) is 8.91. The highest BCUT2D eigenvalue weighted by Gasteiger charge is 2.04. The molecule has 1 atom stereocenters. The van der Waals surface area contributed by atoms with Crippen molar-refractivity contribution in [3.8, 4) is 5.75 Å². The maximum Gasteiger partial charge on any atom is 0.138 e. The minimum Gasteiger partial charge on any atom is -0.506 e. The maximum absolute atomic E-state index is 9.17. The van der Waals surface area contributed by atoms with E-state index in [1.807, 2.05) is 12.1 Å². The smallest absolute Gasteiger partial charge is 0.138 e. The van der Waals surface area contributed by atoms with Crippen LogP contribution in [-0.2, 0) is 0 Å². The SMILES string of the molecule is CC[C@@H](C)c1ccc(O)c(N)c1. The summed E-state index contributed by atoms with van der Waals surface area (Å²) >= 11 is 0. The Kier molecular flexibility index (Phi) is 2.58. The lowest BCUT2D eigenvalue weighted by Gasteiger charge is -2.09. The van der Waals surface area contributed by atoms with Crippen molar-refractivity contribution in [2.24, 2.45) is 0 Å². The molecule has 2 nitrogen and oxygen atoms in total. The number of hydrogen-bond donors (Lipinski definition) is 2. The lowest BCUT2D eigenvalue weighted by molar-refractivity contribution is 0.477. The fourth-order valence-electron chi connectivity index (χ4n) is 1.12. The molecule has 0 heterocycles. The summed E-state index contributed by atoms with van der Waals surface area (Å²) in [6.07, 6.45) is 1.09. The summed E-state index contributed by atoms with van der Waals surface area (Å²) in [5, 5.41) is 9.17. The zero-order valence-corrected chi connectivity index (χ0v) is 7.54. The Morgan fingerprint density at radius 2 is 2.17 bits per heavy atom. The average Bonchev–Trinajstić information content (AvgIpc) is 2.08. The molecule has 0 amide bonds. The normalized spacial score (nSPS) is 12.8. The van der Waals surface area contributed by atoms with Crippen molar-refractivity contribution in [2.75, 3.05) is 5.73 Å². The Morgan fingerprint density at radius 3 is 2.67 bits per heavy atom. The van der Waals surface area contributed by atoms with Crippen LogP contribution in [0.3, 0.4) is 0 Å². The zero-order valence-electron chi connectivity index (χ0n) is 7.54. The van der Waals surface area contributed by atoms with Gasteiger partial charge in [0.05, 0.1) is 5.69 Å². The van der Waals surface area contributed by atoms with E-state index in [9.17, 15) is 5.11 Å². The third-order valence-corrected chi connectivity index (χ3v) is 2.23. The molecule has 0 radical (unpaired) electrons. The number of nitrogens with two attached hydrogens (primary N) is 1. The zero-order chi connectivity index (χ0) is 9.14. The third kappa shape index (κ3) is 1.70. The molecular weight excluding hydrogens is 150 g/mol. The molecule has 0 aliphatic heterocycles. The number of phenolic OH excluding ortho intramolecular Hbond substituents is 1. The van der Waals surface area contributed by atoms with Crippen LogP contribution in [0.25, 0.3) is 0 Å². The van der Waals surface area contributed by atoms with E-state index >= 15 is 0 Å². The topological polar surface area (TPSA) is 46.2 Å². The van der Waals surface area contributed by atoms with Gasteiger partial charge in [-0.25, -0.2) is 0 Å². The molecule has 66 valence electrons. The van der Waals surface area contributed by atoms with Crippen molar-refractivity contribution in [2.45, 2.75) is 26.2 Å². The van der Waals surface area contributed by atoms with Gasteiger partial charge in [0.25, 0.3) is 0 Å². The van der Waals surface area contributed by atoms with Gasteiger partial charge in [-0.05, 0) is 30.0 Å². The lowest BCUT2D eigenvalue weighted by Crippen LogP contribution is -1.93. The summed E-state index contributed by atoms with van der Waals surface area (Å²) < 4.78 is 0. The molecular formula is C10H15NO. The van der Waals surface area contributed by atoms with Crippen molar-refractivity contribution in [3.05, 3.63) is 23.8 Å². The van der Waals surface area contributed by atoms with E-state index in [4.69, 9.17) is 5.73 Å². The van der Waals surface area contributed by atoms with E-state index in [2.05, 4.69) is 13.8 Å². The first-order chi connectivity index (χ1) is 5.65. The molecule has 0 aromatic heterocycles. The van der Waals surface area contributed by atoms with Crippen molar-refractivity contribution in [3.63, 3.8) is 0 Å². The number of phenols is 1. The Bertz CT molecular complexity index is 271. The van der Waals surface area contributed by atoms with Gasteiger partial charge in [-0.1, -0.05) is 19.9 Å². The molecule has 2 heteroatoms. The molecule has 0 fully saturated rings. The van der Waals surface area contributed by atoms with Crippen LogP contribution in [0.2, 0.25) is 0 Å². The van der Waals surface area contributed by atoms with Crippen LogP contribution in [0, 0.1) is 0 Å². The average molecular weight is 165 g/mol.